The molecule has 1 saturated carbocycles. The standard InChI is InChI=1S/C28H29N3O4/c1-33-23-16-20(17-24(18-23)34-2)28(32)35-22-13-11-19(12-14-22)26-27(29-21-8-4-3-5-9-21)31-15-7-6-10-25(31)30-26/h6-7,10-18,21,29H,3-5,8-9H2,1-2H3. The van der Waals surface area contributed by atoms with Gasteiger partial charge in [0.15, 0.2) is 0 Å². The van der Waals surface area contributed by atoms with Crippen molar-refractivity contribution < 1.29 is 19.0 Å². The Morgan fingerprint density at radius 3 is 2.31 bits per heavy atom. The molecule has 2 heterocycles. The Hall–Kier alpha value is -4.00. The quantitative estimate of drug-likeness (QED) is 0.264. The third kappa shape index (κ3) is 4.94. The number of nitrogens with one attached hydrogen (secondary N) is 1. The van der Waals surface area contributed by atoms with Crippen LogP contribution < -0.4 is 19.5 Å². The van der Waals surface area contributed by atoms with Crippen LogP contribution in [0.5, 0.6) is 17.2 Å². The van der Waals surface area contributed by atoms with Crippen molar-refractivity contribution >= 4 is 17.4 Å². The number of hydrogen-bond acceptors (Lipinski definition) is 6. The van der Waals surface area contributed by atoms with Crippen LogP contribution in [0, 0.1) is 0 Å². The van der Waals surface area contributed by atoms with Crippen molar-refractivity contribution in [2.24, 2.45) is 0 Å². The highest BCUT2D eigenvalue weighted by atomic mass is 16.5. The maximum Gasteiger partial charge on any atom is 0.343 e. The third-order valence-electron chi connectivity index (χ3n) is 6.40. The molecule has 7 nitrogen and oxygen atoms in total. The number of pyridine rings is 1. The summed E-state index contributed by atoms with van der Waals surface area (Å²) in [7, 11) is 3.08. The number of hydrogen-bond donors (Lipinski definition) is 1. The Bertz CT molecular complexity index is 1300. The average Bonchev–Trinajstić information content (AvgIpc) is 3.27. The van der Waals surface area contributed by atoms with Crippen LogP contribution in [0.25, 0.3) is 16.9 Å². The van der Waals surface area contributed by atoms with Gasteiger partial charge in [0.2, 0.25) is 0 Å². The molecule has 35 heavy (non-hydrogen) atoms. The first kappa shape index (κ1) is 22.8. The van der Waals surface area contributed by atoms with Gasteiger partial charge in [-0.05, 0) is 61.4 Å². The maximum atomic E-state index is 12.7. The van der Waals surface area contributed by atoms with Crippen LogP contribution in [0.3, 0.4) is 0 Å². The Morgan fingerprint density at radius 2 is 1.63 bits per heavy atom. The summed E-state index contributed by atoms with van der Waals surface area (Å²) in [5.74, 6) is 2.02. The monoisotopic (exact) mass is 471 g/mol. The maximum absolute atomic E-state index is 12.7. The van der Waals surface area contributed by atoms with Gasteiger partial charge in [-0.25, -0.2) is 9.78 Å². The fourth-order valence-electron chi connectivity index (χ4n) is 4.55. The van der Waals surface area contributed by atoms with Gasteiger partial charge in [-0.2, -0.15) is 0 Å². The Balaban J connectivity index is 1.39. The number of ether oxygens (including phenoxy) is 3. The van der Waals surface area contributed by atoms with Crippen LogP contribution in [0.4, 0.5) is 5.82 Å². The number of rotatable bonds is 7. The minimum Gasteiger partial charge on any atom is -0.497 e. The van der Waals surface area contributed by atoms with E-state index in [2.05, 4.69) is 9.72 Å². The van der Waals surface area contributed by atoms with Gasteiger partial charge in [-0.1, -0.05) is 25.3 Å². The number of carbonyl (C=O) groups is 1. The predicted octanol–water partition coefficient (Wildman–Crippen LogP) is 5.98. The van der Waals surface area contributed by atoms with Crippen LogP contribution in [0.1, 0.15) is 42.5 Å². The second kappa shape index (κ2) is 10.1. The highest BCUT2D eigenvalue weighted by molar-refractivity contribution is 5.92. The van der Waals surface area contributed by atoms with Gasteiger partial charge >= 0.3 is 5.97 Å². The Labute approximate surface area is 204 Å². The van der Waals surface area contributed by atoms with Gasteiger partial charge < -0.3 is 19.5 Å². The zero-order valence-electron chi connectivity index (χ0n) is 20.0. The summed E-state index contributed by atoms with van der Waals surface area (Å²) in [6.45, 7) is 0. The van der Waals surface area contributed by atoms with Crippen molar-refractivity contribution in [3.8, 4) is 28.5 Å². The predicted molar refractivity (Wildman–Crippen MR) is 136 cm³/mol. The Kier molecular flexibility index (Phi) is 6.57. The largest absolute Gasteiger partial charge is 0.497 e. The number of esters is 1. The van der Waals surface area contributed by atoms with Crippen LogP contribution in [0.2, 0.25) is 0 Å². The molecule has 0 radical (unpaired) electrons. The fraction of sp³-hybridized carbons (Fsp3) is 0.286. The lowest BCUT2D eigenvalue weighted by molar-refractivity contribution is 0.0734. The number of fused-ring (bicyclic) bond motifs is 1. The molecule has 2 aromatic heterocycles. The number of methoxy groups -OCH3 is 2. The molecule has 1 aliphatic carbocycles. The van der Waals surface area contributed by atoms with Crippen molar-refractivity contribution in [1.29, 1.82) is 0 Å². The van der Waals surface area contributed by atoms with Gasteiger partial charge in [-0.15, -0.1) is 0 Å². The smallest absolute Gasteiger partial charge is 0.343 e. The van der Waals surface area contributed by atoms with Gasteiger partial charge in [-0.3, -0.25) is 4.40 Å². The molecular formula is C28H29N3O4. The lowest BCUT2D eigenvalue weighted by atomic mass is 9.95. The summed E-state index contributed by atoms with van der Waals surface area (Å²) in [4.78, 5) is 17.6. The molecular weight excluding hydrogens is 442 g/mol. The van der Waals surface area contributed by atoms with Gasteiger partial charge in [0.05, 0.1) is 19.8 Å². The highest BCUT2D eigenvalue weighted by Crippen LogP contribution is 2.32. The van der Waals surface area contributed by atoms with E-state index in [0.717, 1.165) is 22.7 Å². The van der Waals surface area contributed by atoms with E-state index in [1.54, 1.807) is 44.6 Å². The third-order valence-corrected chi connectivity index (χ3v) is 6.40. The molecule has 0 aliphatic heterocycles. The summed E-state index contributed by atoms with van der Waals surface area (Å²) in [5, 5.41) is 3.75. The number of carbonyl (C=O) groups excluding carboxylic acids is 1. The molecule has 1 fully saturated rings. The zero-order valence-corrected chi connectivity index (χ0v) is 20.0. The minimum atomic E-state index is -0.484. The van der Waals surface area contributed by atoms with Crippen LogP contribution in [-0.2, 0) is 0 Å². The molecule has 1 N–H and O–H groups in total. The van der Waals surface area contributed by atoms with Gasteiger partial charge in [0, 0.05) is 23.9 Å². The van der Waals surface area contributed by atoms with E-state index in [1.165, 1.54) is 32.1 Å². The summed E-state index contributed by atoms with van der Waals surface area (Å²) in [6, 6.07) is 18.9. The molecule has 0 amide bonds. The Morgan fingerprint density at radius 1 is 0.914 bits per heavy atom. The van der Waals surface area contributed by atoms with Gasteiger partial charge in [0.25, 0.3) is 0 Å². The van der Waals surface area contributed by atoms with E-state index in [1.807, 2.05) is 36.5 Å². The molecule has 0 unspecified atom stereocenters. The van der Waals surface area contributed by atoms with Crippen molar-refractivity contribution in [2.75, 3.05) is 19.5 Å². The molecule has 0 spiro atoms. The molecule has 180 valence electrons. The zero-order chi connectivity index (χ0) is 24.2. The second-order valence-corrected chi connectivity index (χ2v) is 8.73. The van der Waals surface area contributed by atoms with Crippen LogP contribution in [0.15, 0.2) is 66.9 Å². The van der Waals surface area contributed by atoms with E-state index < -0.39 is 5.97 Å². The summed E-state index contributed by atoms with van der Waals surface area (Å²) < 4.78 is 18.2. The van der Waals surface area contributed by atoms with Crippen molar-refractivity contribution in [3.05, 3.63) is 72.4 Å². The first-order valence-corrected chi connectivity index (χ1v) is 11.9. The lowest BCUT2D eigenvalue weighted by Crippen LogP contribution is -2.23. The van der Waals surface area contributed by atoms with E-state index >= 15 is 0 Å². The molecule has 0 saturated heterocycles. The van der Waals surface area contributed by atoms with Crippen LogP contribution >= 0.6 is 0 Å². The van der Waals surface area contributed by atoms with E-state index in [9.17, 15) is 4.79 Å². The fourth-order valence-corrected chi connectivity index (χ4v) is 4.55. The number of anilines is 1. The lowest BCUT2D eigenvalue weighted by Gasteiger charge is -2.24. The summed E-state index contributed by atoms with van der Waals surface area (Å²) in [6.07, 6.45) is 8.19. The van der Waals surface area contributed by atoms with Crippen molar-refractivity contribution in [2.45, 2.75) is 38.1 Å². The molecule has 7 heteroatoms. The minimum absolute atomic E-state index is 0.351. The average molecular weight is 472 g/mol. The van der Waals surface area contributed by atoms with E-state index in [-0.39, 0.29) is 0 Å². The van der Waals surface area contributed by atoms with Crippen molar-refractivity contribution in [1.82, 2.24) is 9.38 Å². The van der Waals surface area contributed by atoms with Gasteiger partial charge in [0.1, 0.15) is 34.4 Å². The topological polar surface area (TPSA) is 74.1 Å². The number of benzene rings is 2. The molecule has 0 bridgehead atoms. The highest BCUT2D eigenvalue weighted by Gasteiger charge is 2.20. The number of imidazole rings is 1. The van der Waals surface area contributed by atoms with Crippen LogP contribution in [-0.4, -0.2) is 35.6 Å². The first-order valence-electron chi connectivity index (χ1n) is 11.9. The van der Waals surface area contributed by atoms with E-state index in [0.29, 0.717) is 28.9 Å². The second-order valence-electron chi connectivity index (χ2n) is 8.73. The number of aromatic nitrogens is 2. The summed E-state index contributed by atoms with van der Waals surface area (Å²) >= 11 is 0. The summed E-state index contributed by atoms with van der Waals surface area (Å²) in [5.41, 5.74) is 3.08. The molecule has 5 rings (SSSR count). The molecule has 1 aliphatic rings. The molecule has 0 atom stereocenters. The van der Waals surface area contributed by atoms with Crippen molar-refractivity contribution in [3.63, 3.8) is 0 Å². The molecule has 2 aromatic carbocycles. The first-order chi connectivity index (χ1) is 17.1. The van der Waals surface area contributed by atoms with E-state index in [4.69, 9.17) is 19.2 Å². The number of nitrogens with zero attached hydrogens (tertiary/aromatic N) is 2. The SMILES string of the molecule is COc1cc(OC)cc(C(=O)Oc2ccc(-c3nc4ccccn4c3NC3CCCCC3)cc2)c1. The normalized spacial score (nSPS) is 14.0. The molecule has 4 aromatic rings.